The van der Waals surface area contributed by atoms with Gasteiger partial charge >= 0.3 is 13.2 Å². The Morgan fingerprint density at radius 2 is 1.86 bits per heavy atom. The summed E-state index contributed by atoms with van der Waals surface area (Å²) < 4.78 is 23.0. The number of aromatic nitrogens is 1. The molecule has 1 saturated heterocycles. The molecule has 160 valence electrons. The fourth-order valence-corrected chi connectivity index (χ4v) is 2.77. The van der Waals surface area contributed by atoms with E-state index in [0.717, 1.165) is 0 Å². The van der Waals surface area contributed by atoms with E-state index in [1.807, 2.05) is 27.7 Å². The fourth-order valence-electron chi connectivity index (χ4n) is 2.60. The molecule has 1 N–H and O–H groups in total. The number of hydrogen-bond donors (Lipinski definition) is 1. The SMILES string of the molecule is COc1ncc(Cl)cc1C=C(CNC(=O)OC(C)(C)C)B1OC(C)(C)C(C)(C)O1. The lowest BCUT2D eigenvalue weighted by molar-refractivity contribution is 0.00578. The van der Waals surface area contributed by atoms with Crippen molar-refractivity contribution in [2.75, 3.05) is 13.7 Å². The fraction of sp³-hybridized carbons (Fsp3) is 0.600. The van der Waals surface area contributed by atoms with Crippen molar-refractivity contribution < 1.29 is 23.6 Å². The van der Waals surface area contributed by atoms with Crippen LogP contribution in [0.2, 0.25) is 5.02 Å². The first-order chi connectivity index (χ1) is 13.2. The molecule has 2 heterocycles. The number of ether oxygens (including phenoxy) is 2. The predicted molar refractivity (Wildman–Crippen MR) is 114 cm³/mol. The molecule has 0 aliphatic carbocycles. The maximum absolute atomic E-state index is 12.2. The molecule has 7 nitrogen and oxygen atoms in total. The topological polar surface area (TPSA) is 78.9 Å². The number of carbonyl (C=O) groups is 1. The van der Waals surface area contributed by atoms with Gasteiger partial charge in [0.2, 0.25) is 5.88 Å². The van der Waals surface area contributed by atoms with E-state index >= 15 is 0 Å². The molecule has 0 spiro atoms. The van der Waals surface area contributed by atoms with Crippen molar-refractivity contribution >= 4 is 30.9 Å². The monoisotopic (exact) mass is 424 g/mol. The van der Waals surface area contributed by atoms with Gasteiger partial charge in [-0.05, 0) is 60.0 Å². The molecular formula is C20H30BClN2O5. The zero-order chi connectivity index (χ0) is 22.0. The second-order valence-electron chi connectivity index (χ2n) is 8.91. The third-order valence-electron chi connectivity index (χ3n) is 4.77. The molecule has 1 aliphatic heterocycles. The van der Waals surface area contributed by atoms with Gasteiger partial charge < -0.3 is 24.1 Å². The van der Waals surface area contributed by atoms with Crippen LogP contribution in [-0.4, -0.2) is 48.7 Å². The molecule has 0 atom stereocenters. The van der Waals surface area contributed by atoms with Crippen LogP contribution in [0.3, 0.4) is 0 Å². The molecular weight excluding hydrogens is 394 g/mol. The molecule has 1 aromatic rings. The second kappa shape index (κ2) is 8.54. The van der Waals surface area contributed by atoms with Crippen LogP contribution in [-0.2, 0) is 14.0 Å². The normalized spacial score (nSPS) is 18.5. The lowest BCUT2D eigenvalue weighted by atomic mass is 9.77. The van der Waals surface area contributed by atoms with Crippen LogP contribution in [0, 0.1) is 0 Å². The van der Waals surface area contributed by atoms with Gasteiger partial charge in [-0.2, -0.15) is 0 Å². The van der Waals surface area contributed by atoms with Crippen molar-refractivity contribution in [1.82, 2.24) is 10.3 Å². The first-order valence-electron chi connectivity index (χ1n) is 9.46. The van der Waals surface area contributed by atoms with Gasteiger partial charge in [0.1, 0.15) is 5.60 Å². The number of nitrogens with one attached hydrogen (secondary N) is 1. The molecule has 29 heavy (non-hydrogen) atoms. The first-order valence-corrected chi connectivity index (χ1v) is 9.84. The summed E-state index contributed by atoms with van der Waals surface area (Å²) in [6.45, 7) is 13.4. The van der Waals surface area contributed by atoms with Crippen molar-refractivity contribution in [3.05, 3.63) is 28.3 Å². The van der Waals surface area contributed by atoms with Gasteiger partial charge in [0, 0.05) is 18.3 Å². The summed E-state index contributed by atoms with van der Waals surface area (Å²) in [6.07, 6.45) is 2.78. The molecule has 9 heteroatoms. The predicted octanol–water partition coefficient (Wildman–Crippen LogP) is 4.28. The Morgan fingerprint density at radius 3 is 2.38 bits per heavy atom. The summed E-state index contributed by atoms with van der Waals surface area (Å²) in [5, 5.41) is 3.22. The van der Waals surface area contributed by atoms with E-state index in [0.29, 0.717) is 21.9 Å². The van der Waals surface area contributed by atoms with E-state index in [4.69, 9.17) is 30.4 Å². The molecule has 1 aromatic heterocycles. The molecule has 1 amide bonds. The Hall–Kier alpha value is -1.77. The van der Waals surface area contributed by atoms with Crippen molar-refractivity contribution in [3.8, 4) is 5.88 Å². The Kier molecular flexibility index (Phi) is 6.92. The van der Waals surface area contributed by atoms with Crippen LogP contribution in [0.4, 0.5) is 4.79 Å². The standard InChI is InChI=1S/C20H30BClN2O5/c1-18(2,3)27-17(25)24-11-14(21-28-19(4,5)20(6,7)29-21)9-13-10-15(22)12-23-16(13)26-8/h9-10,12H,11H2,1-8H3,(H,24,25). The highest BCUT2D eigenvalue weighted by atomic mass is 35.5. The second-order valence-corrected chi connectivity index (χ2v) is 9.35. The zero-order valence-electron chi connectivity index (χ0n) is 18.4. The molecule has 0 unspecified atom stereocenters. The van der Waals surface area contributed by atoms with Crippen LogP contribution in [0.1, 0.15) is 54.0 Å². The van der Waals surface area contributed by atoms with Crippen LogP contribution < -0.4 is 10.1 Å². The highest BCUT2D eigenvalue weighted by Gasteiger charge is 2.52. The average molecular weight is 425 g/mol. The quantitative estimate of drug-likeness (QED) is 0.711. The number of halogens is 1. The third kappa shape index (κ3) is 6.11. The summed E-state index contributed by atoms with van der Waals surface area (Å²) in [5.74, 6) is 0.403. The van der Waals surface area contributed by atoms with Gasteiger partial charge in [-0.3, -0.25) is 0 Å². The van der Waals surface area contributed by atoms with E-state index in [9.17, 15) is 4.79 Å². The van der Waals surface area contributed by atoms with Crippen molar-refractivity contribution in [2.45, 2.75) is 65.3 Å². The van der Waals surface area contributed by atoms with Gasteiger partial charge in [0.25, 0.3) is 0 Å². The largest absolute Gasteiger partial charge is 0.492 e. The molecule has 0 saturated carbocycles. The molecule has 1 fully saturated rings. The minimum Gasteiger partial charge on any atom is -0.481 e. The molecule has 0 aromatic carbocycles. The van der Waals surface area contributed by atoms with E-state index in [1.54, 1.807) is 32.9 Å². The zero-order valence-corrected chi connectivity index (χ0v) is 19.1. The van der Waals surface area contributed by atoms with Gasteiger partial charge in [-0.15, -0.1) is 0 Å². The Morgan fingerprint density at radius 1 is 1.28 bits per heavy atom. The molecule has 0 bridgehead atoms. The minimum absolute atomic E-state index is 0.154. The number of hydrogen-bond acceptors (Lipinski definition) is 6. The summed E-state index contributed by atoms with van der Waals surface area (Å²) in [5.41, 5.74) is -0.329. The van der Waals surface area contributed by atoms with Gasteiger partial charge in [-0.1, -0.05) is 17.7 Å². The van der Waals surface area contributed by atoms with E-state index in [1.165, 1.54) is 13.3 Å². The van der Waals surface area contributed by atoms with E-state index in [-0.39, 0.29) is 6.54 Å². The Balaban J connectivity index is 2.34. The first kappa shape index (κ1) is 23.5. The highest BCUT2D eigenvalue weighted by molar-refractivity contribution is 6.56. The van der Waals surface area contributed by atoms with Crippen molar-refractivity contribution in [2.24, 2.45) is 0 Å². The van der Waals surface area contributed by atoms with Crippen LogP contribution in [0.15, 0.2) is 17.7 Å². The number of pyridine rings is 1. The van der Waals surface area contributed by atoms with Crippen LogP contribution in [0.5, 0.6) is 5.88 Å². The summed E-state index contributed by atoms with van der Waals surface area (Å²) in [7, 11) is 0.861. The Bertz CT molecular complexity index is 774. The average Bonchev–Trinajstić information content (AvgIpc) is 2.77. The summed E-state index contributed by atoms with van der Waals surface area (Å²) >= 11 is 6.11. The highest BCUT2D eigenvalue weighted by Crippen LogP contribution is 2.39. The van der Waals surface area contributed by atoms with E-state index in [2.05, 4.69) is 10.3 Å². The van der Waals surface area contributed by atoms with E-state index < -0.39 is 30.0 Å². The third-order valence-corrected chi connectivity index (χ3v) is 4.98. The number of alkyl carbamates (subject to hydrolysis) is 1. The number of methoxy groups -OCH3 is 1. The number of rotatable bonds is 5. The van der Waals surface area contributed by atoms with Gasteiger partial charge in [0.05, 0.1) is 23.3 Å². The van der Waals surface area contributed by atoms with Crippen LogP contribution >= 0.6 is 11.6 Å². The smallest absolute Gasteiger partial charge is 0.481 e. The molecule has 2 rings (SSSR count). The Labute approximate surface area is 178 Å². The number of amides is 1. The summed E-state index contributed by atoms with van der Waals surface area (Å²) in [6, 6.07) is 1.73. The van der Waals surface area contributed by atoms with Gasteiger partial charge in [0.15, 0.2) is 0 Å². The molecule has 1 aliphatic rings. The van der Waals surface area contributed by atoms with Crippen molar-refractivity contribution in [1.29, 1.82) is 0 Å². The van der Waals surface area contributed by atoms with Crippen molar-refractivity contribution in [3.63, 3.8) is 0 Å². The van der Waals surface area contributed by atoms with Crippen LogP contribution in [0.25, 0.3) is 6.08 Å². The maximum atomic E-state index is 12.2. The summed E-state index contributed by atoms with van der Waals surface area (Å²) in [4.78, 5) is 16.3. The lowest BCUT2D eigenvalue weighted by Gasteiger charge is -2.32. The molecule has 0 radical (unpaired) electrons. The maximum Gasteiger partial charge on any atom is 0.492 e. The number of nitrogens with zero attached hydrogens (tertiary/aromatic N) is 1. The minimum atomic E-state index is -0.668. The lowest BCUT2D eigenvalue weighted by Crippen LogP contribution is -2.41. The van der Waals surface area contributed by atoms with Gasteiger partial charge in [-0.25, -0.2) is 9.78 Å². The number of carbonyl (C=O) groups excluding carboxylic acids is 1.